The van der Waals surface area contributed by atoms with Gasteiger partial charge in [-0.05, 0) is 39.3 Å². The van der Waals surface area contributed by atoms with Gasteiger partial charge < -0.3 is 5.32 Å². The molecule has 0 aliphatic carbocycles. The van der Waals surface area contributed by atoms with Gasteiger partial charge in [0, 0.05) is 17.1 Å². The molecule has 1 rings (SSSR count). The highest BCUT2D eigenvalue weighted by molar-refractivity contribution is 6.31. The van der Waals surface area contributed by atoms with Crippen LogP contribution in [0.5, 0.6) is 0 Å². The van der Waals surface area contributed by atoms with E-state index in [0.29, 0.717) is 5.02 Å². The van der Waals surface area contributed by atoms with E-state index < -0.39 is 0 Å². The largest absolute Gasteiger partial charge is 0.353 e. The molecule has 0 aliphatic rings. The van der Waals surface area contributed by atoms with Crippen molar-refractivity contribution in [3.8, 4) is 0 Å². The lowest BCUT2D eigenvalue weighted by molar-refractivity contribution is -0.123. The van der Waals surface area contributed by atoms with E-state index in [9.17, 15) is 4.79 Å². The fourth-order valence-corrected chi connectivity index (χ4v) is 2.08. The van der Waals surface area contributed by atoms with Gasteiger partial charge in [-0.1, -0.05) is 29.8 Å². The molecule has 0 saturated heterocycles. The SMILES string of the molecule is CC(C)NC(=O)C(C)N[C@H](C)c1ccccc1Cl. The zero-order chi connectivity index (χ0) is 13.7. The van der Waals surface area contributed by atoms with Crippen LogP contribution in [-0.2, 0) is 4.79 Å². The molecule has 0 fully saturated rings. The number of amides is 1. The van der Waals surface area contributed by atoms with Gasteiger partial charge in [0.15, 0.2) is 0 Å². The van der Waals surface area contributed by atoms with Crippen molar-refractivity contribution < 1.29 is 4.79 Å². The minimum absolute atomic E-state index is 0.00361. The highest BCUT2D eigenvalue weighted by Gasteiger charge is 2.17. The van der Waals surface area contributed by atoms with Crippen molar-refractivity contribution in [3.63, 3.8) is 0 Å². The van der Waals surface area contributed by atoms with Crippen LogP contribution >= 0.6 is 11.6 Å². The third-order valence-electron chi connectivity index (χ3n) is 2.70. The van der Waals surface area contributed by atoms with Gasteiger partial charge >= 0.3 is 0 Å². The van der Waals surface area contributed by atoms with Gasteiger partial charge in [-0.25, -0.2) is 0 Å². The Kier molecular flexibility index (Phi) is 5.63. The van der Waals surface area contributed by atoms with Crippen LogP contribution in [0, 0.1) is 0 Å². The van der Waals surface area contributed by atoms with Crippen LogP contribution in [0.15, 0.2) is 24.3 Å². The zero-order valence-electron chi connectivity index (χ0n) is 11.3. The number of halogens is 1. The minimum Gasteiger partial charge on any atom is -0.353 e. The molecule has 2 N–H and O–H groups in total. The molecule has 0 spiro atoms. The molecule has 3 nitrogen and oxygen atoms in total. The molecule has 100 valence electrons. The second-order valence-electron chi connectivity index (χ2n) is 4.79. The van der Waals surface area contributed by atoms with Crippen molar-refractivity contribution in [1.82, 2.24) is 10.6 Å². The van der Waals surface area contributed by atoms with Crippen molar-refractivity contribution in [2.24, 2.45) is 0 Å². The summed E-state index contributed by atoms with van der Waals surface area (Å²) in [7, 11) is 0. The Labute approximate surface area is 114 Å². The van der Waals surface area contributed by atoms with E-state index in [2.05, 4.69) is 10.6 Å². The van der Waals surface area contributed by atoms with E-state index >= 15 is 0 Å². The van der Waals surface area contributed by atoms with Gasteiger partial charge in [0.25, 0.3) is 0 Å². The number of hydrogen-bond donors (Lipinski definition) is 2. The molecule has 1 unspecified atom stereocenters. The van der Waals surface area contributed by atoms with Crippen LogP contribution in [-0.4, -0.2) is 18.0 Å². The summed E-state index contributed by atoms with van der Waals surface area (Å²) in [5.74, 6) is 0.00361. The lowest BCUT2D eigenvalue weighted by Crippen LogP contribution is -2.45. The maximum atomic E-state index is 11.8. The molecule has 1 aromatic carbocycles. The monoisotopic (exact) mass is 268 g/mol. The summed E-state index contributed by atoms with van der Waals surface area (Å²) in [6.45, 7) is 7.75. The van der Waals surface area contributed by atoms with Crippen LogP contribution in [0.4, 0.5) is 0 Å². The van der Waals surface area contributed by atoms with Crippen LogP contribution in [0.25, 0.3) is 0 Å². The number of hydrogen-bond acceptors (Lipinski definition) is 2. The summed E-state index contributed by atoms with van der Waals surface area (Å²) in [6.07, 6.45) is 0. The van der Waals surface area contributed by atoms with Crippen LogP contribution in [0.2, 0.25) is 5.02 Å². The molecule has 0 bridgehead atoms. The molecular weight excluding hydrogens is 248 g/mol. The first-order valence-electron chi connectivity index (χ1n) is 6.22. The van der Waals surface area contributed by atoms with Gasteiger partial charge in [-0.3, -0.25) is 10.1 Å². The third kappa shape index (κ3) is 4.31. The summed E-state index contributed by atoms with van der Waals surface area (Å²) < 4.78 is 0. The van der Waals surface area contributed by atoms with Gasteiger partial charge in [-0.2, -0.15) is 0 Å². The van der Waals surface area contributed by atoms with Gasteiger partial charge in [0.2, 0.25) is 5.91 Å². The Morgan fingerprint density at radius 3 is 2.33 bits per heavy atom. The normalized spacial score (nSPS) is 14.3. The third-order valence-corrected chi connectivity index (χ3v) is 3.04. The summed E-state index contributed by atoms with van der Waals surface area (Å²) in [5, 5.41) is 6.84. The molecule has 4 heteroatoms. The summed E-state index contributed by atoms with van der Waals surface area (Å²) >= 11 is 6.13. The number of carbonyl (C=O) groups excluding carboxylic acids is 1. The average Bonchev–Trinajstić information content (AvgIpc) is 2.28. The predicted octanol–water partition coefficient (Wildman–Crippen LogP) is 2.90. The van der Waals surface area contributed by atoms with Crippen molar-refractivity contribution in [3.05, 3.63) is 34.9 Å². The van der Waals surface area contributed by atoms with E-state index in [1.165, 1.54) is 0 Å². The van der Waals surface area contributed by atoms with Gasteiger partial charge in [0.1, 0.15) is 0 Å². The second-order valence-corrected chi connectivity index (χ2v) is 5.20. The summed E-state index contributed by atoms with van der Waals surface area (Å²) in [4.78, 5) is 11.8. The summed E-state index contributed by atoms with van der Waals surface area (Å²) in [5.41, 5.74) is 1.00. The Balaban J connectivity index is 2.62. The maximum absolute atomic E-state index is 11.8. The topological polar surface area (TPSA) is 41.1 Å². The number of rotatable bonds is 5. The first-order valence-corrected chi connectivity index (χ1v) is 6.60. The molecule has 0 radical (unpaired) electrons. The lowest BCUT2D eigenvalue weighted by atomic mass is 10.1. The van der Waals surface area contributed by atoms with Crippen molar-refractivity contribution in [2.45, 2.75) is 45.8 Å². The molecule has 0 aromatic heterocycles. The van der Waals surface area contributed by atoms with Crippen molar-refractivity contribution in [1.29, 1.82) is 0 Å². The van der Waals surface area contributed by atoms with E-state index in [4.69, 9.17) is 11.6 Å². The molecule has 2 atom stereocenters. The zero-order valence-corrected chi connectivity index (χ0v) is 12.1. The minimum atomic E-state index is -0.251. The van der Waals surface area contributed by atoms with Crippen LogP contribution < -0.4 is 10.6 Å². The Morgan fingerprint density at radius 1 is 1.17 bits per heavy atom. The predicted molar refractivity (Wildman–Crippen MR) is 75.7 cm³/mol. The Morgan fingerprint density at radius 2 is 1.78 bits per heavy atom. The molecule has 1 amide bonds. The quantitative estimate of drug-likeness (QED) is 0.862. The summed E-state index contributed by atoms with van der Waals surface area (Å²) in [6, 6.07) is 7.59. The number of carbonyl (C=O) groups is 1. The van der Waals surface area contributed by atoms with Crippen LogP contribution in [0.3, 0.4) is 0 Å². The van der Waals surface area contributed by atoms with E-state index in [-0.39, 0.29) is 24.0 Å². The van der Waals surface area contributed by atoms with Crippen molar-refractivity contribution in [2.75, 3.05) is 0 Å². The van der Waals surface area contributed by atoms with Gasteiger partial charge in [-0.15, -0.1) is 0 Å². The average molecular weight is 269 g/mol. The number of nitrogens with one attached hydrogen (secondary N) is 2. The first kappa shape index (κ1) is 15.0. The van der Waals surface area contributed by atoms with E-state index in [1.807, 2.05) is 52.0 Å². The smallest absolute Gasteiger partial charge is 0.237 e. The van der Waals surface area contributed by atoms with Gasteiger partial charge in [0.05, 0.1) is 6.04 Å². The van der Waals surface area contributed by atoms with Crippen molar-refractivity contribution >= 4 is 17.5 Å². The Hall–Kier alpha value is -1.06. The number of benzene rings is 1. The standard InChI is InChI=1S/C14H21ClN2O/c1-9(2)16-14(18)11(4)17-10(3)12-7-5-6-8-13(12)15/h5-11,17H,1-4H3,(H,16,18)/t10-,11?/m1/s1. The highest BCUT2D eigenvalue weighted by Crippen LogP contribution is 2.22. The first-order chi connectivity index (χ1) is 8.41. The highest BCUT2D eigenvalue weighted by atomic mass is 35.5. The molecule has 0 aliphatic heterocycles. The maximum Gasteiger partial charge on any atom is 0.237 e. The molecule has 0 heterocycles. The molecular formula is C14H21ClN2O. The van der Waals surface area contributed by atoms with E-state index in [1.54, 1.807) is 0 Å². The second kappa shape index (κ2) is 6.76. The lowest BCUT2D eigenvalue weighted by Gasteiger charge is -2.21. The van der Waals surface area contributed by atoms with E-state index in [0.717, 1.165) is 5.56 Å². The Bertz CT molecular complexity index is 407. The molecule has 0 saturated carbocycles. The fraction of sp³-hybridized carbons (Fsp3) is 0.500. The van der Waals surface area contributed by atoms with Crippen LogP contribution in [0.1, 0.15) is 39.3 Å². The molecule has 1 aromatic rings. The fourth-order valence-electron chi connectivity index (χ4n) is 1.78. The molecule has 18 heavy (non-hydrogen) atoms.